The number of rotatable bonds is 0. The highest BCUT2D eigenvalue weighted by atomic mass is 16.5. The van der Waals surface area contributed by atoms with Gasteiger partial charge in [-0.15, -0.1) is 0 Å². The zero-order chi connectivity index (χ0) is 15.5. The van der Waals surface area contributed by atoms with Crippen LogP contribution in [0.15, 0.2) is 12.1 Å². The summed E-state index contributed by atoms with van der Waals surface area (Å²) in [5.74, 6) is 0. The maximum Gasteiger partial charge on any atom is 0.0564 e. The van der Waals surface area contributed by atoms with E-state index in [0.29, 0.717) is 5.41 Å². The molecule has 2 aliphatic rings. The van der Waals surface area contributed by atoms with Crippen molar-refractivity contribution in [2.45, 2.75) is 77.0 Å². The Morgan fingerprint density at radius 2 is 1.52 bits per heavy atom. The van der Waals surface area contributed by atoms with Crippen molar-refractivity contribution in [3.8, 4) is 0 Å². The fourth-order valence-electron chi connectivity index (χ4n) is 4.33. The normalized spacial score (nSPS) is 25.6. The molecule has 0 saturated carbocycles. The molecule has 0 N–H and O–H groups in total. The van der Waals surface area contributed by atoms with E-state index in [9.17, 15) is 0 Å². The van der Waals surface area contributed by atoms with Crippen LogP contribution in [-0.2, 0) is 27.4 Å². The maximum absolute atomic E-state index is 5.83. The predicted octanol–water partition coefficient (Wildman–Crippen LogP) is 4.89. The van der Waals surface area contributed by atoms with Crippen LogP contribution in [0.2, 0.25) is 0 Å². The molecule has 0 aromatic heterocycles. The van der Waals surface area contributed by atoms with Crippen LogP contribution in [0.4, 0.5) is 0 Å². The third-order valence-corrected chi connectivity index (χ3v) is 5.42. The fraction of sp³-hybridized carbons (Fsp3) is 0.700. The second-order valence-electron chi connectivity index (χ2n) is 9.10. The smallest absolute Gasteiger partial charge is 0.0564 e. The Balaban J connectivity index is 2.26. The van der Waals surface area contributed by atoms with E-state index in [1.807, 2.05) is 0 Å². The SMILES string of the molecule is CC(C)(C)c1ccc(C(C)(C)C)c2c1CCC21CCOC1. The zero-order valence-corrected chi connectivity index (χ0v) is 14.6. The lowest BCUT2D eigenvalue weighted by Crippen LogP contribution is -2.28. The molecule has 1 aromatic rings. The van der Waals surface area contributed by atoms with E-state index in [1.54, 1.807) is 22.3 Å². The Labute approximate surface area is 130 Å². The van der Waals surface area contributed by atoms with Crippen molar-refractivity contribution < 1.29 is 4.74 Å². The summed E-state index contributed by atoms with van der Waals surface area (Å²) in [7, 11) is 0. The quantitative estimate of drug-likeness (QED) is 0.660. The Bertz CT molecular complexity index is 548. The molecule has 0 amide bonds. The van der Waals surface area contributed by atoms with Gasteiger partial charge in [0.1, 0.15) is 0 Å². The molecule has 1 nitrogen and oxygen atoms in total. The van der Waals surface area contributed by atoms with Gasteiger partial charge in [-0.1, -0.05) is 53.7 Å². The van der Waals surface area contributed by atoms with E-state index in [2.05, 4.69) is 53.7 Å². The molecule has 0 radical (unpaired) electrons. The molecule has 1 saturated heterocycles. The molecular weight excluding hydrogens is 256 g/mol. The van der Waals surface area contributed by atoms with E-state index < -0.39 is 0 Å². The van der Waals surface area contributed by atoms with Crippen LogP contribution >= 0.6 is 0 Å². The molecule has 0 bridgehead atoms. The van der Waals surface area contributed by atoms with Crippen LogP contribution in [-0.4, -0.2) is 13.2 Å². The van der Waals surface area contributed by atoms with Crippen molar-refractivity contribution in [1.29, 1.82) is 0 Å². The molecule has 1 aliphatic heterocycles. The van der Waals surface area contributed by atoms with E-state index in [0.717, 1.165) is 13.2 Å². The molecule has 1 fully saturated rings. The van der Waals surface area contributed by atoms with Crippen molar-refractivity contribution in [1.82, 2.24) is 0 Å². The molecule has 21 heavy (non-hydrogen) atoms. The van der Waals surface area contributed by atoms with Crippen LogP contribution in [0, 0.1) is 0 Å². The molecule has 3 rings (SSSR count). The van der Waals surface area contributed by atoms with Gasteiger partial charge in [0.2, 0.25) is 0 Å². The van der Waals surface area contributed by atoms with E-state index in [4.69, 9.17) is 4.74 Å². The number of benzene rings is 1. The van der Waals surface area contributed by atoms with E-state index >= 15 is 0 Å². The van der Waals surface area contributed by atoms with Gasteiger partial charge in [-0.3, -0.25) is 0 Å². The summed E-state index contributed by atoms with van der Waals surface area (Å²) in [6.07, 6.45) is 3.71. The first-order chi connectivity index (χ1) is 9.65. The zero-order valence-electron chi connectivity index (χ0n) is 14.6. The van der Waals surface area contributed by atoms with Gasteiger partial charge in [0.05, 0.1) is 6.61 Å². The summed E-state index contributed by atoms with van der Waals surface area (Å²) in [4.78, 5) is 0. The highest BCUT2D eigenvalue weighted by Crippen LogP contribution is 2.51. The van der Waals surface area contributed by atoms with Gasteiger partial charge in [-0.05, 0) is 52.3 Å². The van der Waals surface area contributed by atoms with Crippen LogP contribution in [0.25, 0.3) is 0 Å². The van der Waals surface area contributed by atoms with Crippen LogP contribution in [0.1, 0.15) is 76.6 Å². The van der Waals surface area contributed by atoms with Gasteiger partial charge in [0, 0.05) is 12.0 Å². The highest BCUT2D eigenvalue weighted by molar-refractivity contribution is 5.54. The molecular formula is C20H30O. The number of hydrogen-bond acceptors (Lipinski definition) is 1. The first kappa shape index (κ1) is 15.1. The molecule has 1 heteroatoms. The molecule has 1 atom stereocenters. The minimum absolute atomic E-state index is 0.209. The van der Waals surface area contributed by atoms with E-state index in [1.165, 1.54) is 19.3 Å². The van der Waals surface area contributed by atoms with Gasteiger partial charge in [-0.25, -0.2) is 0 Å². The Morgan fingerprint density at radius 3 is 2.05 bits per heavy atom. The average Bonchev–Trinajstić information content (AvgIpc) is 2.96. The monoisotopic (exact) mass is 286 g/mol. The topological polar surface area (TPSA) is 9.23 Å². The number of fused-ring (bicyclic) bond motifs is 2. The van der Waals surface area contributed by atoms with Crippen molar-refractivity contribution >= 4 is 0 Å². The number of ether oxygens (including phenoxy) is 1. The molecule has 116 valence electrons. The Kier molecular flexibility index (Phi) is 3.30. The van der Waals surface area contributed by atoms with Crippen LogP contribution in [0.3, 0.4) is 0 Å². The summed E-state index contributed by atoms with van der Waals surface area (Å²) in [5, 5.41) is 0. The average molecular weight is 286 g/mol. The molecule has 1 aromatic carbocycles. The third-order valence-electron chi connectivity index (χ3n) is 5.42. The second-order valence-corrected chi connectivity index (χ2v) is 9.10. The minimum Gasteiger partial charge on any atom is -0.380 e. The van der Waals surface area contributed by atoms with Gasteiger partial charge in [0.15, 0.2) is 0 Å². The maximum atomic E-state index is 5.83. The lowest BCUT2D eigenvalue weighted by Gasteiger charge is -2.33. The highest BCUT2D eigenvalue weighted by Gasteiger charge is 2.46. The van der Waals surface area contributed by atoms with Gasteiger partial charge < -0.3 is 4.74 Å². The molecule has 1 aliphatic carbocycles. The number of hydrogen-bond donors (Lipinski definition) is 0. The summed E-state index contributed by atoms with van der Waals surface area (Å²) in [6, 6.07) is 4.80. The van der Waals surface area contributed by atoms with E-state index in [-0.39, 0.29) is 10.8 Å². The summed E-state index contributed by atoms with van der Waals surface area (Å²) in [5.41, 5.74) is 7.13. The first-order valence-electron chi connectivity index (χ1n) is 8.40. The second kappa shape index (κ2) is 4.59. The summed E-state index contributed by atoms with van der Waals surface area (Å²) < 4.78 is 5.83. The van der Waals surface area contributed by atoms with Crippen molar-refractivity contribution in [3.05, 3.63) is 34.4 Å². The Hall–Kier alpha value is -0.820. The minimum atomic E-state index is 0.209. The Morgan fingerprint density at radius 1 is 0.905 bits per heavy atom. The fourth-order valence-corrected chi connectivity index (χ4v) is 4.33. The van der Waals surface area contributed by atoms with Gasteiger partial charge >= 0.3 is 0 Å². The molecule has 1 unspecified atom stereocenters. The first-order valence-corrected chi connectivity index (χ1v) is 8.40. The standard InChI is InChI=1S/C20H30O/c1-18(2,3)15-7-8-16(19(4,5)6)17-14(15)9-10-20(17)11-12-21-13-20/h7-8H,9-13H2,1-6H3. The largest absolute Gasteiger partial charge is 0.380 e. The lowest BCUT2D eigenvalue weighted by molar-refractivity contribution is 0.176. The predicted molar refractivity (Wildman–Crippen MR) is 89.3 cm³/mol. The molecule has 1 spiro atoms. The van der Waals surface area contributed by atoms with Crippen LogP contribution in [0.5, 0.6) is 0 Å². The van der Waals surface area contributed by atoms with Gasteiger partial charge in [0.25, 0.3) is 0 Å². The van der Waals surface area contributed by atoms with Crippen molar-refractivity contribution in [2.75, 3.05) is 13.2 Å². The lowest BCUT2D eigenvalue weighted by atomic mass is 9.71. The van der Waals surface area contributed by atoms with Crippen molar-refractivity contribution in [3.63, 3.8) is 0 Å². The van der Waals surface area contributed by atoms with Crippen molar-refractivity contribution in [2.24, 2.45) is 0 Å². The summed E-state index contributed by atoms with van der Waals surface area (Å²) in [6.45, 7) is 15.9. The van der Waals surface area contributed by atoms with Crippen LogP contribution < -0.4 is 0 Å². The summed E-state index contributed by atoms with van der Waals surface area (Å²) >= 11 is 0. The molecule has 1 heterocycles. The van der Waals surface area contributed by atoms with Gasteiger partial charge in [-0.2, -0.15) is 0 Å². The third kappa shape index (κ3) is 2.34.